The molecule has 16 unspecified atom stereocenters. The summed E-state index contributed by atoms with van der Waals surface area (Å²) >= 11 is -1.75. The van der Waals surface area contributed by atoms with Gasteiger partial charge in [-0.15, -0.1) is 32.1 Å². The summed E-state index contributed by atoms with van der Waals surface area (Å²) in [5.41, 5.74) is 0. The number of carbonyl (C=O) groups excluding carboxylic acids is 6. The zero-order chi connectivity index (χ0) is 99.1. The van der Waals surface area contributed by atoms with Crippen molar-refractivity contribution in [2.75, 3.05) is 55.4 Å². The summed E-state index contributed by atoms with van der Waals surface area (Å²) in [7, 11) is 21.4. The largest absolute Gasteiger partial charge is 1.00 e. The molecule has 0 aromatic rings. The van der Waals surface area contributed by atoms with Crippen molar-refractivity contribution in [1.82, 2.24) is 0 Å². The number of aliphatic hydroxyl groups is 6. The second-order valence-electron chi connectivity index (χ2n) is 32.1. The van der Waals surface area contributed by atoms with Crippen molar-refractivity contribution in [3.05, 3.63) is 81.8 Å². The summed E-state index contributed by atoms with van der Waals surface area (Å²) in [4.78, 5) is 74.8. The van der Waals surface area contributed by atoms with Gasteiger partial charge in [0.1, 0.15) is 42.7 Å². The number of aldehydes is 1. The average Bonchev–Trinajstić information content (AvgIpc) is 1.47. The zero-order valence-corrected chi connectivity index (χ0v) is 94.8. The maximum absolute atomic E-state index is 11.0. The molecular weight excluding hydrogens is 1980 g/mol. The number of aliphatic hydroxyl groups excluding tert-OH is 6. The number of aliphatic carboxylic acids is 1. The van der Waals surface area contributed by atoms with Gasteiger partial charge in [-0.05, 0) is 167 Å². The molecule has 7 aliphatic rings. The van der Waals surface area contributed by atoms with Crippen LogP contribution >= 0.6 is 29.1 Å². The summed E-state index contributed by atoms with van der Waals surface area (Å²) in [6, 6.07) is 0. The van der Waals surface area contributed by atoms with Gasteiger partial charge in [-0.25, -0.2) is 0 Å². The van der Waals surface area contributed by atoms with E-state index in [4.69, 9.17) is 104 Å². The Labute approximate surface area is 942 Å². The number of allylic oxidation sites excluding steroid dienone is 6. The number of terminal acetylenes is 1. The first kappa shape index (κ1) is 162. The van der Waals surface area contributed by atoms with Crippen LogP contribution < -0.4 is 108 Å². The Morgan fingerprint density at radius 3 is 0.964 bits per heavy atom. The second-order valence-corrected chi connectivity index (χ2v) is 40.1. The molecule has 7 N–H and O–H groups in total. The van der Waals surface area contributed by atoms with Crippen molar-refractivity contribution in [2.45, 2.75) is 483 Å². The van der Waals surface area contributed by atoms with Crippen LogP contribution in [0.15, 0.2) is 74.4 Å². The number of ether oxygens (including phenoxy) is 11. The van der Waals surface area contributed by atoms with Gasteiger partial charge in [0.25, 0.3) is 6.47 Å². The van der Waals surface area contributed by atoms with Crippen molar-refractivity contribution < 1.29 is 249 Å². The number of unbranched alkanes of at least 4 members (excludes halogenated alkanes) is 25. The summed E-state index contributed by atoms with van der Waals surface area (Å²) in [6.07, 6.45) is 77.7. The van der Waals surface area contributed by atoms with E-state index in [9.17, 15) is 39.0 Å². The van der Waals surface area contributed by atoms with Crippen molar-refractivity contribution in [1.29, 1.82) is 0 Å². The predicted molar refractivity (Wildman–Crippen MR) is 549 cm³/mol. The van der Waals surface area contributed by atoms with E-state index in [-0.39, 0.29) is 253 Å². The SMILES string of the molecule is C.C.C.C.C#CCCCCCCCCC.C=CCCC/C=C/CO.C=CCCCC1OC1CC.C=CCCCC1OC1CO.CCC1OC1CCCC(=O)OC.CCCCCCCCC/C=C\C(O)C1OC1CCCC(=O)O.CCCCCCCCC/C=C\C(O)C1OC1CCCC(=O)OC.CO.COC(=O)CCCC1OC1C=O.COC(=O)CCCC1OC1CO.O=CO[O-].[CH3-].[Cl][Ru]([Cl])[Cl].[H-].[K+].[K+]. The van der Waals surface area contributed by atoms with E-state index in [1.807, 2.05) is 42.5 Å². The predicted octanol–water partition coefficient (Wildman–Crippen LogP) is 16.6. The van der Waals surface area contributed by atoms with Gasteiger partial charge in [0.05, 0.1) is 103 Å². The summed E-state index contributed by atoms with van der Waals surface area (Å²) in [5, 5.41) is 69.5. The number of hydrogen-bond acceptors (Lipinski definition) is 26. The molecule has 27 nitrogen and oxygen atoms in total. The fourth-order valence-corrected chi connectivity index (χ4v) is 13.1. The van der Waals surface area contributed by atoms with Crippen LogP contribution in [0.3, 0.4) is 0 Å². The second kappa shape index (κ2) is 123. The molecule has 7 rings (SSSR count). The standard InChI is InChI=1S/C19H34O4.C18H32O4.C11H20.C9H16O3.C9H16O.C8H14O4.C8H12O4.C8H14O2.C8H14O.CH2O3.CH4O.4CH4.CH3.3ClH.2K.Ru.H/c1-3-4-5-6-7-8-9-10-11-13-16(20)19-17(23-19)14-12-15-18(21)22-2;1-2-3-4-5-6-7-8-9-10-12-15(19)18-16(22-18)13-11-14-17(20)21;1-3-5-7-9-11-10-8-6-4-2;1-3-7-8(12-7)5-4-6-9(10)11-2;1-3-5-6-7-9-8(4-2)10-9;2*1-11-8(10)4-2-3-6-7(5-9)12-6;1-2-3-4-5-7-8(6-9)10-7;1-2-3-4-5-6-7-8-9;2-1-4-3;1-2;;;;;;;;;;;;/h11,13,16-17,19-20H,3-10,12,14-15H2,1-2H3;10,12,15-16,18-19H,2-9,11,13-14H2,1H3,(H,20,21);1H,4-11H2,2H3;7-8H,3-6H2,1-2H3;3,8-9H,1,4-7H2,2H3;6-7,9H,2-5H2,1H3;5-7H,2-4H2,1H3;2,7-9H,1,3-6H2;2,6-7,9H,1,3-5,8H2;1,3H;2H,1H3;4*1H4;1H3;3*1H;;;;/q;;;;;;;;;;;;;;;-1;;;;2*+1;+3;-1/p-4/b13-11-;12-10-;;;;;;;7-6+;;;;;;;;;;;;;;. The smallest absolute Gasteiger partial charge is 1.00 e. The molecule has 0 amide bonds. The van der Waals surface area contributed by atoms with E-state index < -0.39 is 31.2 Å². The van der Waals surface area contributed by atoms with E-state index >= 15 is 0 Å². The molecular formula is C105H197Cl3K2O27Ru-. The number of hydrogen-bond donors (Lipinski definition) is 7. The Balaban J connectivity index is -0.000000116. The topological polar surface area (TPSA) is 418 Å². The van der Waals surface area contributed by atoms with E-state index in [0.29, 0.717) is 62.6 Å². The third-order valence-corrected chi connectivity index (χ3v) is 21.3. The maximum atomic E-state index is 11.0. The Morgan fingerprint density at radius 1 is 0.413 bits per heavy atom. The third kappa shape index (κ3) is 117. The van der Waals surface area contributed by atoms with E-state index in [1.54, 1.807) is 6.08 Å². The van der Waals surface area contributed by atoms with Gasteiger partial charge in [0.2, 0.25) is 0 Å². The maximum Gasteiger partial charge on any atom is 1.00 e. The van der Waals surface area contributed by atoms with E-state index in [1.165, 1.54) is 183 Å². The van der Waals surface area contributed by atoms with Crippen molar-refractivity contribution in [3.8, 4) is 12.3 Å². The van der Waals surface area contributed by atoms with Crippen LogP contribution in [0.4, 0.5) is 0 Å². The molecule has 0 bridgehead atoms. The van der Waals surface area contributed by atoms with Crippen LogP contribution in [-0.2, 0) is 104 Å². The van der Waals surface area contributed by atoms with Gasteiger partial charge >= 0.3 is 175 Å². The van der Waals surface area contributed by atoms with Gasteiger partial charge in [-0.3, -0.25) is 28.8 Å². The van der Waals surface area contributed by atoms with Gasteiger partial charge in [-0.2, -0.15) is 0 Å². The first-order valence-electron chi connectivity index (χ1n) is 48.2. The van der Waals surface area contributed by atoms with Crippen LogP contribution in [0.25, 0.3) is 0 Å². The molecule has 0 aromatic heterocycles. The van der Waals surface area contributed by atoms with E-state index in [0.717, 1.165) is 142 Å². The Hall–Kier alpha value is -1.30. The fraction of sp³-hybridized carbons (Fsp3) is 0.790. The van der Waals surface area contributed by atoms with Crippen LogP contribution in [0, 0.1) is 19.8 Å². The van der Waals surface area contributed by atoms with Crippen molar-refractivity contribution in [3.63, 3.8) is 0 Å². The molecule has 7 saturated heterocycles. The average molecular weight is 2180 g/mol. The number of methoxy groups -OCH3 is 4. The van der Waals surface area contributed by atoms with Gasteiger partial charge in [0, 0.05) is 45.6 Å². The number of halogens is 3. The first-order chi connectivity index (χ1) is 63.4. The van der Waals surface area contributed by atoms with Crippen LogP contribution in [0.2, 0.25) is 0 Å². The molecule has 0 saturated carbocycles. The fourth-order valence-electron chi connectivity index (χ4n) is 13.1. The molecule has 7 fully saturated rings. The molecule has 0 radical (unpaired) electrons. The monoisotopic (exact) mass is 2180 g/mol. The van der Waals surface area contributed by atoms with Gasteiger partial charge < -0.3 is 112 Å². The van der Waals surface area contributed by atoms with Crippen LogP contribution in [0.1, 0.15) is 387 Å². The minimum Gasteiger partial charge on any atom is -1.00 e. The Kier molecular flexibility index (Phi) is 144. The normalized spacial score (nSPS) is 20.4. The third-order valence-electron chi connectivity index (χ3n) is 21.3. The molecule has 7 aliphatic heterocycles. The zero-order valence-electron chi connectivity index (χ0n) is 85.5. The summed E-state index contributed by atoms with van der Waals surface area (Å²) in [6.45, 7) is 22.2. The van der Waals surface area contributed by atoms with Gasteiger partial charge in [-0.1, -0.05) is 235 Å². The quantitative estimate of drug-likeness (QED) is 0.00254. The molecule has 0 aliphatic carbocycles. The molecule has 0 spiro atoms. The minimum absolute atomic E-state index is 0. The van der Waals surface area contributed by atoms with Gasteiger partial charge in [0.15, 0.2) is 6.29 Å². The Bertz CT molecular complexity index is 2760. The summed E-state index contributed by atoms with van der Waals surface area (Å²) < 4.78 is 54.8. The Morgan fingerprint density at radius 2 is 0.696 bits per heavy atom. The minimum atomic E-state index is -1.75. The summed E-state index contributed by atoms with van der Waals surface area (Å²) in [5.74, 6) is 1.20. The number of rotatable bonds is 66. The number of carboxylic acids is 1. The van der Waals surface area contributed by atoms with Crippen LogP contribution in [0.5, 0.6) is 0 Å². The molecule has 811 valence electrons. The number of carbonyl (C=O) groups is 7. The number of epoxide rings is 7. The van der Waals surface area contributed by atoms with Crippen LogP contribution in [-0.4, -0.2) is 231 Å². The number of esters is 4. The molecule has 7 heterocycles. The molecule has 0 aromatic carbocycles. The number of carboxylic acid groups (broad SMARTS) is 1. The molecule has 16 atom stereocenters. The molecule has 138 heavy (non-hydrogen) atoms. The van der Waals surface area contributed by atoms with Crippen molar-refractivity contribution in [2.24, 2.45) is 0 Å². The molecule has 33 heteroatoms. The van der Waals surface area contributed by atoms with Crippen molar-refractivity contribution >= 4 is 71.7 Å². The first-order valence-corrected chi connectivity index (χ1v) is 54.9. The van der Waals surface area contributed by atoms with E-state index in [2.05, 4.69) is 90.2 Å².